The molecule has 0 aliphatic carbocycles. The van der Waals surface area contributed by atoms with Crippen LogP contribution in [0.4, 0.5) is 10.5 Å². The van der Waals surface area contributed by atoms with Gasteiger partial charge < -0.3 is 24.6 Å². The van der Waals surface area contributed by atoms with Crippen LogP contribution in [0.1, 0.15) is 60.6 Å². The van der Waals surface area contributed by atoms with Crippen molar-refractivity contribution in [1.29, 1.82) is 0 Å². The minimum atomic E-state index is -0.256. The maximum absolute atomic E-state index is 13.0. The molecule has 0 radical (unpaired) electrons. The lowest BCUT2D eigenvalue weighted by molar-refractivity contribution is -0.149. The number of carbonyl (C=O) groups is 3. The van der Waals surface area contributed by atoms with Gasteiger partial charge in [-0.1, -0.05) is 26.0 Å². The van der Waals surface area contributed by atoms with E-state index < -0.39 is 0 Å². The van der Waals surface area contributed by atoms with E-state index in [2.05, 4.69) is 24.1 Å². The molecule has 0 atom stereocenters. The molecule has 1 saturated heterocycles. The molecule has 1 aromatic carbocycles. The van der Waals surface area contributed by atoms with Crippen LogP contribution in [-0.2, 0) is 20.8 Å². The minimum absolute atomic E-state index is 0.155. The minimum Gasteiger partial charge on any atom is -0.466 e. The standard InChI is InChI=1S/C26H36N4O5S/c1-5-35-25(32)20-10-12-29(13-11-20)24(31)22-17-36-23(28-22)16-30(14-15-34-4)26(33)27-21-8-6-19(7-9-21)18(2)3/h6-9,17-18,20H,5,10-16H2,1-4H3,(H,27,33). The Balaban J connectivity index is 1.59. The van der Waals surface area contributed by atoms with Crippen LogP contribution in [0.2, 0.25) is 0 Å². The van der Waals surface area contributed by atoms with Crippen LogP contribution in [0, 0.1) is 5.92 Å². The van der Waals surface area contributed by atoms with Crippen molar-refractivity contribution in [3.05, 3.63) is 45.9 Å². The lowest BCUT2D eigenvalue weighted by Crippen LogP contribution is -2.40. The number of likely N-dealkylation sites (tertiary alicyclic amines) is 1. The van der Waals surface area contributed by atoms with Gasteiger partial charge in [-0.05, 0) is 43.4 Å². The number of hydrogen-bond donors (Lipinski definition) is 1. The van der Waals surface area contributed by atoms with Crippen LogP contribution in [-0.4, -0.2) is 72.6 Å². The summed E-state index contributed by atoms with van der Waals surface area (Å²) >= 11 is 1.35. The molecule has 0 unspecified atom stereocenters. The maximum Gasteiger partial charge on any atom is 0.322 e. The van der Waals surface area contributed by atoms with E-state index in [1.165, 1.54) is 16.9 Å². The largest absolute Gasteiger partial charge is 0.466 e. The zero-order valence-electron chi connectivity index (χ0n) is 21.5. The average molecular weight is 517 g/mol. The highest BCUT2D eigenvalue weighted by molar-refractivity contribution is 7.09. The fourth-order valence-corrected chi connectivity index (χ4v) is 4.78. The number of benzene rings is 1. The van der Waals surface area contributed by atoms with Gasteiger partial charge >= 0.3 is 12.0 Å². The highest BCUT2D eigenvalue weighted by Gasteiger charge is 2.29. The van der Waals surface area contributed by atoms with Crippen LogP contribution in [0.3, 0.4) is 0 Å². The fourth-order valence-electron chi connectivity index (χ4n) is 3.99. The van der Waals surface area contributed by atoms with E-state index >= 15 is 0 Å². The molecule has 1 aliphatic heterocycles. The molecule has 1 fully saturated rings. The lowest BCUT2D eigenvalue weighted by atomic mass is 9.97. The number of carbonyl (C=O) groups excluding carboxylic acids is 3. The van der Waals surface area contributed by atoms with Crippen molar-refractivity contribution in [3.63, 3.8) is 0 Å². The molecule has 9 nitrogen and oxygen atoms in total. The number of methoxy groups -OCH3 is 1. The number of thiazole rings is 1. The highest BCUT2D eigenvalue weighted by Crippen LogP contribution is 2.22. The Labute approximate surface area is 216 Å². The van der Waals surface area contributed by atoms with Gasteiger partial charge in [-0.3, -0.25) is 9.59 Å². The number of aromatic nitrogens is 1. The Morgan fingerprint density at radius 3 is 2.50 bits per heavy atom. The van der Waals surface area contributed by atoms with Crippen molar-refractivity contribution in [2.24, 2.45) is 5.92 Å². The van der Waals surface area contributed by atoms with Crippen LogP contribution < -0.4 is 5.32 Å². The number of ether oxygens (including phenoxy) is 2. The van der Waals surface area contributed by atoms with Crippen molar-refractivity contribution in [1.82, 2.24) is 14.8 Å². The number of anilines is 1. The van der Waals surface area contributed by atoms with Gasteiger partial charge in [-0.15, -0.1) is 11.3 Å². The third-order valence-corrected chi connectivity index (χ3v) is 7.01. The maximum atomic E-state index is 13.0. The summed E-state index contributed by atoms with van der Waals surface area (Å²) in [4.78, 5) is 45.8. The van der Waals surface area contributed by atoms with Gasteiger partial charge in [0, 0.05) is 37.8 Å². The summed E-state index contributed by atoms with van der Waals surface area (Å²) in [7, 11) is 1.59. The summed E-state index contributed by atoms with van der Waals surface area (Å²) in [5.74, 6) is -0.0862. The molecule has 0 spiro atoms. The lowest BCUT2D eigenvalue weighted by Gasteiger charge is -2.30. The Morgan fingerprint density at radius 2 is 1.89 bits per heavy atom. The number of nitrogens with one attached hydrogen (secondary N) is 1. The van der Waals surface area contributed by atoms with Gasteiger partial charge in [0.15, 0.2) is 0 Å². The molecule has 36 heavy (non-hydrogen) atoms. The summed E-state index contributed by atoms with van der Waals surface area (Å²) in [6.07, 6.45) is 1.18. The molecule has 2 aromatic rings. The van der Waals surface area contributed by atoms with Crippen molar-refractivity contribution in [2.45, 2.75) is 46.1 Å². The zero-order chi connectivity index (χ0) is 26.1. The predicted octanol–water partition coefficient (Wildman–Crippen LogP) is 4.36. The molecule has 196 valence electrons. The van der Waals surface area contributed by atoms with Gasteiger partial charge in [0.1, 0.15) is 10.7 Å². The molecule has 10 heteroatoms. The molecule has 2 heterocycles. The predicted molar refractivity (Wildman–Crippen MR) is 139 cm³/mol. The van der Waals surface area contributed by atoms with Gasteiger partial charge in [0.2, 0.25) is 0 Å². The summed E-state index contributed by atoms with van der Waals surface area (Å²) < 4.78 is 10.3. The normalized spacial score (nSPS) is 14.1. The Bertz CT molecular complexity index is 1020. The summed E-state index contributed by atoms with van der Waals surface area (Å²) in [5, 5.41) is 5.33. The molecular formula is C26H36N4O5S. The molecule has 1 aliphatic rings. The topological polar surface area (TPSA) is 101 Å². The Kier molecular flexibility index (Phi) is 10.2. The smallest absolute Gasteiger partial charge is 0.322 e. The van der Waals surface area contributed by atoms with E-state index in [-0.39, 0.29) is 30.4 Å². The quantitative estimate of drug-likeness (QED) is 0.471. The number of piperidine rings is 1. The van der Waals surface area contributed by atoms with E-state index in [0.29, 0.717) is 68.0 Å². The monoisotopic (exact) mass is 516 g/mol. The molecule has 3 amide bonds. The summed E-state index contributed by atoms with van der Waals surface area (Å²) in [5.41, 5.74) is 2.28. The Hall–Kier alpha value is -2.98. The van der Waals surface area contributed by atoms with Crippen LogP contribution in [0.5, 0.6) is 0 Å². The third-order valence-electron chi connectivity index (χ3n) is 6.18. The number of hydrogen-bond acceptors (Lipinski definition) is 7. The number of urea groups is 1. The van der Waals surface area contributed by atoms with Crippen molar-refractivity contribution in [3.8, 4) is 0 Å². The second-order valence-corrected chi connectivity index (χ2v) is 10.0. The summed E-state index contributed by atoms with van der Waals surface area (Å²) in [6, 6.07) is 7.55. The van der Waals surface area contributed by atoms with E-state index in [1.807, 2.05) is 24.3 Å². The third kappa shape index (κ3) is 7.51. The van der Waals surface area contributed by atoms with Crippen LogP contribution in [0.15, 0.2) is 29.6 Å². The molecule has 3 rings (SSSR count). The first kappa shape index (κ1) is 27.6. The van der Waals surface area contributed by atoms with Gasteiger partial charge in [0.05, 0.1) is 25.7 Å². The second kappa shape index (κ2) is 13.4. The van der Waals surface area contributed by atoms with Crippen molar-refractivity contribution < 1.29 is 23.9 Å². The molecular weight excluding hydrogens is 480 g/mol. The number of rotatable bonds is 10. The number of esters is 1. The van der Waals surface area contributed by atoms with E-state index in [0.717, 1.165) is 0 Å². The highest BCUT2D eigenvalue weighted by atomic mass is 32.1. The first-order valence-electron chi connectivity index (χ1n) is 12.4. The SMILES string of the molecule is CCOC(=O)C1CCN(C(=O)c2csc(CN(CCOC)C(=O)Nc3ccc(C(C)C)cc3)n2)CC1. The van der Waals surface area contributed by atoms with E-state index in [9.17, 15) is 14.4 Å². The fraction of sp³-hybridized carbons (Fsp3) is 0.538. The van der Waals surface area contributed by atoms with E-state index in [4.69, 9.17) is 9.47 Å². The average Bonchev–Trinajstić information content (AvgIpc) is 3.35. The van der Waals surface area contributed by atoms with Gasteiger partial charge in [-0.2, -0.15) is 0 Å². The first-order chi connectivity index (χ1) is 17.3. The Morgan fingerprint density at radius 1 is 1.19 bits per heavy atom. The van der Waals surface area contributed by atoms with Crippen LogP contribution >= 0.6 is 11.3 Å². The molecule has 0 bridgehead atoms. The van der Waals surface area contributed by atoms with Crippen molar-refractivity contribution in [2.75, 3.05) is 45.3 Å². The first-order valence-corrected chi connectivity index (χ1v) is 13.3. The number of nitrogens with zero attached hydrogens (tertiary/aromatic N) is 3. The second-order valence-electron chi connectivity index (χ2n) is 9.07. The van der Waals surface area contributed by atoms with Gasteiger partial charge in [-0.25, -0.2) is 9.78 Å². The van der Waals surface area contributed by atoms with Gasteiger partial charge in [0.25, 0.3) is 5.91 Å². The van der Waals surface area contributed by atoms with Crippen LogP contribution in [0.25, 0.3) is 0 Å². The van der Waals surface area contributed by atoms with Crippen molar-refractivity contribution >= 4 is 34.9 Å². The molecule has 1 aromatic heterocycles. The molecule has 0 saturated carbocycles. The zero-order valence-corrected chi connectivity index (χ0v) is 22.3. The number of amides is 3. The van der Waals surface area contributed by atoms with E-state index in [1.54, 1.807) is 29.2 Å². The molecule has 1 N–H and O–H groups in total. The summed E-state index contributed by atoms with van der Waals surface area (Å²) in [6.45, 7) is 8.42.